The van der Waals surface area contributed by atoms with E-state index in [-0.39, 0.29) is 5.91 Å². The van der Waals surface area contributed by atoms with Gasteiger partial charge in [0.15, 0.2) is 0 Å². The van der Waals surface area contributed by atoms with Crippen molar-refractivity contribution in [2.24, 2.45) is 5.92 Å². The van der Waals surface area contributed by atoms with Crippen LogP contribution in [0.4, 0.5) is 0 Å². The minimum atomic E-state index is -0.0417. The van der Waals surface area contributed by atoms with Gasteiger partial charge in [0.25, 0.3) is 5.91 Å². The van der Waals surface area contributed by atoms with E-state index in [2.05, 4.69) is 13.0 Å². The Morgan fingerprint density at radius 2 is 2.41 bits per heavy atom. The molecular formula is C13H19NO2S. The van der Waals surface area contributed by atoms with Gasteiger partial charge in [-0.15, -0.1) is 11.3 Å². The molecule has 0 N–H and O–H groups in total. The summed E-state index contributed by atoms with van der Waals surface area (Å²) >= 11 is 1.63. The van der Waals surface area contributed by atoms with Crippen molar-refractivity contribution in [3.05, 3.63) is 21.4 Å². The van der Waals surface area contributed by atoms with Crippen LogP contribution in [0.5, 0.6) is 0 Å². The first-order chi connectivity index (χ1) is 8.15. The number of fused-ring (bicyclic) bond motifs is 1. The molecule has 0 fully saturated rings. The summed E-state index contributed by atoms with van der Waals surface area (Å²) in [5, 5.41) is 1.29. The smallest absolute Gasteiger partial charge is 0.274 e. The molecule has 0 saturated carbocycles. The first-order valence-electron chi connectivity index (χ1n) is 6.09. The molecule has 0 radical (unpaired) electrons. The SMILES string of the molecule is CCC1CCc2sc(C(=O)N(C)OC)cc2C1. The molecule has 0 saturated heterocycles. The molecule has 1 aliphatic rings. The molecule has 17 heavy (non-hydrogen) atoms. The Kier molecular flexibility index (Phi) is 3.84. The van der Waals surface area contributed by atoms with E-state index in [0.717, 1.165) is 23.6 Å². The molecule has 1 aliphatic carbocycles. The van der Waals surface area contributed by atoms with Crippen molar-refractivity contribution in [2.75, 3.05) is 14.2 Å². The van der Waals surface area contributed by atoms with Crippen LogP contribution in [0.15, 0.2) is 6.07 Å². The normalized spacial score (nSPS) is 18.9. The monoisotopic (exact) mass is 253 g/mol. The number of thiophene rings is 1. The van der Waals surface area contributed by atoms with Crippen molar-refractivity contribution in [1.82, 2.24) is 5.06 Å². The van der Waals surface area contributed by atoms with E-state index in [1.807, 2.05) is 0 Å². The molecule has 0 aromatic carbocycles. The molecule has 1 amide bonds. The predicted octanol–water partition coefficient (Wildman–Crippen LogP) is 2.90. The summed E-state index contributed by atoms with van der Waals surface area (Å²) < 4.78 is 0. The maximum Gasteiger partial charge on any atom is 0.287 e. The number of rotatable bonds is 3. The lowest BCUT2D eigenvalue weighted by atomic mass is 9.87. The van der Waals surface area contributed by atoms with Crippen LogP contribution in [0, 0.1) is 5.92 Å². The van der Waals surface area contributed by atoms with Gasteiger partial charge in [-0.3, -0.25) is 9.63 Å². The highest BCUT2D eigenvalue weighted by Gasteiger charge is 2.23. The van der Waals surface area contributed by atoms with Crippen molar-refractivity contribution in [3.63, 3.8) is 0 Å². The standard InChI is InChI=1S/C13H19NO2S/c1-4-9-5-6-11-10(7-9)8-12(17-11)13(15)14(2)16-3/h8-9H,4-7H2,1-3H3. The van der Waals surface area contributed by atoms with Crippen LogP contribution in [-0.4, -0.2) is 25.1 Å². The van der Waals surface area contributed by atoms with Crippen LogP contribution < -0.4 is 0 Å². The molecule has 0 aliphatic heterocycles. The average Bonchev–Trinajstić information content (AvgIpc) is 2.79. The zero-order valence-corrected chi connectivity index (χ0v) is 11.5. The number of carbonyl (C=O) groups excluding carboxylic acids is 1. The zero-order chi connectivity index (χ0) is 12.4. The lowest BCUT2D eigenvalue weighted by Gasteiger charge is -2.19. The molecule has 4 heteroatoms. The second kappa shape index (κ2) is 5.19. The van der Waals surface area contributed by atoms with Gasteiger partial charge in [0.2, 0.25) is 0 Å². The van der Waals surface area contributed by atoms with Crippen LogP contribution in [0.1, 0.15) is 39.9 Å². The topological polar surface area (TPSA) is 29.5 Å². The number of hydrogen-bond acceptors (Lipinski definition) is 3. The van der Waals surface area contributed by atoms with Gasteiger partial charge < -0.3 is 0 Å². The van der Waals surface area contributed by atoms with Gasteiger partial charge in [0.1, 0.15) is 0 Å². The molecule has 1 unspecified atom stereocenters. The fourth-order valence-electron chi connectivity index (χ4n) is 2.29. The number of carbonyl (C=O) groups is 1. The Morgan fingerprint density at radius 3 is 3.06 bits per heavy atom. The van der Waals surface area contributed by atoms with Crippen molar-refractivity contribution in [2.45, 2.75) is 32.6 Å². The molecule has 1 aromatic heterocycles. The third-order valence-corrected chi connectivity index (χ3v) is 4.76. The van der Waals surface area contributed by atoms with E-state index in [4.69, 9.17) is 4.84 Å². The van der Waals surface area contributed by atoms with Crippen LogP contribution in [0.3, 0.4) is 0 Å². The molecule has 0 spiro atoms. The van der Waals surface area contributed by atoms with Crippen molar-refractivity contribution >= 4 is 17.2 Å². The number of amides is 1. The van der Waals surface area contributed by atoms with Crippen LogP contribution in [-0.2, 0) is 17.7 Å². The van der Waals surface area contributed by atoms with Crippen molar-refractivity contribution in [3.8, 4) is 0 Å². The van der Waals surface area contributed by atoms with E-state index >= 15 is 0 Å². The summed E-state index contributed by atoms with van der Waals surface area (Å²) in [5.74, 6) is 0.750. The summed E-state index contributed by atoms with van der Waals surface area (Å²) in [4.78, 5) is 19.1. The van der Waals surface area contributed by atoms with Gasteiger partial charge in [-0.05, 0) is 36.8 Å². The fraction of sp³-hybridized carbons (Fsp3) is 0.615. The summed E-state index contributed by atoms with van der Waals surface area (Å²) in [5.41, 5.74) is 1.38. The van der Waals surface area contributed by atoms with Crippen LogP contribution in [0.2, 0.25) is 0 Å². The van der Waals surface area contributed by atoms with Gasteiger partial charge >= 0.3 is 0 Å². The van der Waals surface area contributed by atoms with Crippen LogP contribution in [0.25, 0.3) is 0 Å². The molecular weight excluding hydrogens is 234 g/mol. The Bertz CT molecular complexity index is 414. The van der Waals surface area contributed by atoms with E-state index in [1.54, 1.807) is 18.4 Å². The van der Waals surface area contributed by atoms with Gasteiger partial charge in [0, 0.05) is 11.9 Å². The quantitative estimate of drug-likeness (QED) is 0.775. The lowest BCUT2D eigenvalue weighted by molar-refractivity contribution is -0.0753. The second-order valence-electron chi connectivity index (χ2n) is 4.56. The van der Waals surface area contributed by atoms with Crippen molar-refractivity contribution < 1.29 is 9.63 Å². The first kappa shape index (κ1) is 12.6. The third-order valence-electron chi connectivity index (χ3n) is 3.53. The van der Waals surface area contributed by atoms with Gasteiger partial charge in [-0.2, -0.15) is 0 Å². The summed E-state index contributed by atoms with van der Waals surface area (Å²) in [7, 11) is 3.16. The maximum absolute atomic E-state index is 12.0. The maximum atomic E-state index is 12.0. The Morgan fingerprint density at radius 1 is 1.65 bits per heavy atom. The van der Waals surface area contributed by atoms with E-state index in [9.17, 15) is 4.79 Å². The Hall–Kier alpha value is -0.870. The van der Waals surface area contributed by atoms with Gasteiger partial charge in [0.05, 0.1) is 12.0 Å². The number of hydroxylamine groups is 2. The highest BCUT2D eigenvalue weighted by molar-refractivity contribution is 7.14. The Balaban J connectivity index is 2.18. The summed E-state index contributed by atoms with van der Waals surface area (Å²) in [6, 6.07) is 2.06. The first-order valence-corrected chi connectivity index (χ1v) is 6.91. The molecule has 1 heterocycles. The zero-order valence-electron chi connectivity index (χ0n) is 10.7. The Labute approximate surface area is 106 Å². The van der Waals surface area contributed by atoms with Crippen LogP contribution >= 0.6 is 11.3 Å². The van der Waals surface area contributed by atoms with E-state index in [1.165, 1.54) is 35.5 Å². The largest absolute Gasteiger partial charge is 0.287 e. The number of hydrogen-bond donors (Lipinski definition) is 0. The lowest BCUT2D eigenvalue weighted by Crippen LogP contribution is -2.24. The molecule has 0 bridgehead atoms. The third kappa shape index (κ3) is 2.53. The van der Waals surface area contributed by atoms with Gasteiger partial charge in [-0.25, -0.2) is 5.06 Å². The fourth-order valence-corrected chi connectivity index (χ4v) is 3.47. The predicted molar refractivity (Wildman–Crippen MR) is 69.2 cm³/mol. The summed E-state index contributed by atoms with van der Waals surface area (Å²) in [6.45, 7) is 2.24. The second-order valence-corrected chi connectivity index (χ2v) is 5.70. The van der Waals surface area contributed by atoms with E-state index < -0.39 is 0 Å². The van der Waals surface area contributed by atoms with Gasteiger partial charge in [-0.1, -0.05) is 13.3 Å². The minimum absolute atomic E-state index is 0.0417. The highest BCUT2D eigenvalue weighted by Crippen LogP contribution is 2.33. The molecule has 3 nitrogen and oxygen atoms in total. The average molecular weight is 253 g/mol. The molecule has 2 rings (SSSR count). The number of nitrogens with zero attached hydrogens (tertiary/aromatic N) is 1. The van der Waals surface area contributed by atoms with Crippen molar-refractivity contribution in [1.29, 1.82) is 0 Å². The molecule has 94 valence electrons. The minimum Gasteiger partial charge on any atom is -0.274 e. The van der Waals surface area contributed by atoms with E-state index in [0.29, 0.717) is 0 Å². The molecule has 1 aromatic rings. The molecule has 1 atom stereocenters. The number of aryl methyl sites for hydroxylation is 1. The highest BCUT2D eigenvalue weighted by atomic mass is 32.1. The summed E-state index contributed by atoms with van der Waals surface area (Å²) in [6.07, 6.45) is 4.75.